The lowest BCUT2D eigenvalue weighted by molar-refractivity contribution is -0.385. The van der Waals surface area contributed by atoms with Gasteiger partial charge in [0, 0.05) is 17.2 Å². The Morgan fingerprint density at radius 1 is 1.38 bits per heavy atom. The third kappa shape index (κ3) is 2.73. The summed E-state index contributed by atoms with van der Waals surface area (Å²) in [6.45, 7) is 1.58. The molecule has 1 aromatic rings. The standard InChI is InChI=1S/C13H14ClNO5S/c1-8-6-10(13(21(19)20)4-2-3-5-13)11(15(17)18)7-9(8)12(14)16/h6-7H,2-5H2,1H3,(H,19,20)/p-1. The minimum Gasteiger partial charge on any atom is -0.772 e. The first kappa shape index (κ1) is 16.1. The maximum absolute atomic E-state index is 11.7. The van der Waals surface area contributed by atoms with Crippen molar-refractivity contribution in [2.24, 2.45) is 0 Å². The van der Waals surface area contributed by atoms with Crippen molar-refractivity contribution >= 4 is 33.6 Å². The Morgan fingerprint density at radius 2 is 1.95 bits per heavy atom. The van der Waals surface area contributed by atoms with E-state index < -0.39 is 26.0 Å². The van der Waals surface area contributed by atoms with Crippen LogP contribution >= 0.6 is 11.6 Å². The molecule has 1 atom stereocenters. The third-order valence-electron chi connectivity index (χ3n) is 3.97. The highest BCUT2D eigenvalue weighted by Gasteiger charge is 2.42. The number of carbonyl (C=O) groups excluding carboxylic acids is 1. The first-order chi connectivity index (χ1) is 9.79. The molecule has 0 saturated heterocycles. The van der Waals surface area contributed by atoms with Gasteiger partial charge in [0.05, 0.1) is 9.67 Å². The fourth-order valence-electron chi connectivity index (χ4n) is 2.90. The van der Waals surface area contributed by atoms with Gasteiger partial charge >= 0.3 is 0 Å². The number of rotatable bonds is 4. The topological polar surface area (TPSA) is 100 Å². The summed E-state index contributed by atoms with van der Waals surface area (Å²) in [6.07, 6.45) is 2.08. The molecular formula is C13H13ClNO5S-. The summed E-state index contributed by atoms with van der Waals surface area (Å²) < 4.78 is 22.2. The zero-order valence-electron chi connectivity index (χ0n) is 11.3. The third-order valence-corrected chi connectivity index (χ3v) is 5.44. The fraction of sp³-hybridized carbons (Fsp3) is 0.462. The zero-order chi connectivity index (χ0) is 15.8. The Kier molecular flexibility index (Phi) is 4.46. The first-order valence-corrected chi connectivity index (χ1v) is 7.83. The van der Waals surface area contributed by atoms with Crippen molar-refractivity contribution in [1.29, 1.82) is 0 Å². The zero-order valence-corrected chi connectivity index (χ0v) is 12.8. The number of hydrogen-bond acceptors (Lipinski definition) is 5. The van der Waals surface area contributed by atoms with E-state index >= 15 is 0 Å². The predicted octanol–water partition coefficient (Wildman–Crippen LogP) is 2.93. The highest BCUT2D eigenvalue weighted by atomic mass is 35.5. The fourth-order valence-corrected chi connectivity index (χ4v) is 4.06. The lowest BCUT2D eigenvalue weighted by Gasteiger charge is -2.32. The number of nitro groups is 1. The van der Waals surface area contributed by atoms with Gasteiger partial charge in [0.2, 0.25) is 0 Å². The number of aryl methyl sites for hydroxylation is 1. The van der Waals surface area contributed by atoms with Crippen LogP contribution in [0.3, 0.4) is 0 Å². The van der Waals surface area contributed by atoms with Gasteiger partial charge in [0.1, 0.15) is 0 Å². The minimum atomic E-state index is -2.48. The Balaban J connectivity index is 2.73. The molecule has 1 aliphatic rings. The van der Waals surface area contributed by atoms with Gasteiger partial charge in [0.25, 0.3) is 10.9 Å². The van der Waals surface area contributed by atoms with Gasteiger partial charge in [-0.1, -0.05) is 12.8 Å². The molecule has 0 heterocycles. The van der Waals surface area contributed by atoms with E-state index in [9.17, 15) is 23.7 Å². The molecule has 0 N–H and O–H groups in total. The predicted molar refractivity (Wildman–Crippen MR) is 77.1 cm³/mol. The summed E-state index contributed by atoms with van der Waals surface area (Å²) in [5.74, 6) is 0. The molecule has 6 nitrogen and oxygen atoms in total. The number of nitrogens with zero attached hydrogens (tertiary/aromatic N) is 1. The summed E-state index contributed by atoms with van der Waals surface area (Å²) in [5, 5.41) is 10.5. The minimum absolute atomic E-state index is 0.0249. The highest BCUT2D eigenvalue weighted by Crippen LogP contribution is 2.47. The van der Waals surface area contributed by atoms with Crippen LogP contribution in [-0.4, -0.2) is 18.9 Å². The molecule has 1 aliphatic carbocycles. The maximum Gasteiger partial charge on any atom is 0.274 e. The van der Waals surface area contributed by atoms with Crippen LogP contribution in [0.4, 0.5) is 5.69 Å². The second kappa shape index (κ2) is 5.82. The second-order valence-corrected chi connectivity index (χ2v) is 6.75. The summed E-state index contributed by atoms with van der Waals surface area (Å²) >= 11 is 2.94. The molecule has 1 fully saturated rings. The van der Waals surface area contributed by atoms with E-state index in [2.05, 4.69) is 0 Å². The smallest absolute Gasteiger partial charge is 0.274 e. The van der Waals surface area contributed by atoms with Crippen LogP contribution in [0.15, 0.2) is 12.1 Å². The van der Waals surface area contributed by atoms with Crippen molar-refractivity contribution in [2.75, 3.05) is 0 Å². The SMILES string of the molecule is Cc1cc(C2(S(=O)[O-])CCCC2)c([N+](=O)[O-])cc1C(=O)Cl. The monoisotopic (exact) mass is 330 g/mol. The summed E-state index contributed by atoms with van der Waals surface area (Å²) in [5.41, 5.74) is 0.248. The van der Waals surface area contributed by atoms with E-state index in [1.165, 1.54) is 6.07 Å². The van der Waals surface area contributed by atoms with Crippen LogP contribution in [0.25, 0.3) is 0 Å². The van der Waals surface area contributed by atoms with Gasteiger partial charge in [-0.2, -0.15) is 0 Å². The van der Waals surface area contributed by atoms with Gasteiger partial charge in [-0.05, 0) is 54.1 Å². The molecule has 21 heavy (non-hydrogen) atoms. The van der Waals surface area contributed by atoms with Crippen molar-refractivity contribution in [3.05, 3.63) is 38.9 Å². The molecule has 0 aliphatic heterocycles. The molecule has 8 heteroatoms. The van der Waals surface area contributed by atoms with Crippen molar-refractivity contribution < 1.29 is 18.5 Å². The van der Waals surface area contributed by atoms with E-state index in [1.54, 1.807) is 6.92 Å². The number of benzene rings is 1. The largest absolute Gasteiger partial charge is 0.772 e. The molecule has 1 saturated carbocycles. The Morgan fingerprint density at radius 3 is 2.38 bits per heavy atom. The van der Waals surface area contributed by atoms with E-state index in [4.69, 9.17) is 11.6 Å². The number of hydrogen-bond donors (Lipinski definition) is 0. The number of halogens is 1. The first-order valence-electron chi connectivity index (χ1n) is 6.38. The second-order valence-electron chi connectivity index (χ2n) is 5.15. The van der Waals surface area contributed by atoms with Crippen molar-refractivity contribution in [3.8, 4) is 0 Å². The van der Waals surface area contributed by atoms with Crippen LogP contribution in [0.2, 0.25) is 0 Å². The van der Waals surface area contributed by atoms with Gasteiger partial charge in [-0.3, -0.25) is 19.1 Å². The molecule has 2 rings (SSSR count). The molecular weight excluding hydrogens is 318 g/mol. The van der Waals surface area contributed by atoms with Crippen molar-refractivity contribution in [1.82, 2.24) is 0 Å². The average Bonchev–Trinajstić information content (AvgIpc) is 2.87. The average molecular weight is 331 g/mol. The molecule has 1 aromatic carbocycles. The van der Waals surface area contributed by atoms with Crippen molar-refractivity contribution in [2.45, 2.75) is 37.4 Å². The van der Waals surface area contributed by atoms with Crippen LogP contribution in [0.5, 0.6) is 0 Å². The molecule has 0 amide bonds. The van der Waals surface area contributed by atoms with Gasteiger partial charge < -0.3 is 4.55 Å². The molecule has 114 valence electrons. The summed E-state index contributed by atoms with van der Waals surface area (Å²) in [4.78, 5) is 21.9. The maximum atomic E-state index is 11.7. The van der Waals surface area contributed by atoms with Gasteiger partial charge in [-0.25, -0.2) is 0 Å². The molecule has 0 spiro atoms. The normalized spacial score (nSPS) is 18.4. The van der Waals surface area contributed by atoms with E-state index in [-0.39, 0.29) is 16.8 Å². The molecule has 0 aromatic heterocycles. The van der Waals surface area contributed by atoms with Gasteiger partial charge in [0.15, 0.2) is 0 Å². The lowest BCUT2D eigenvalue weighted by Crippen LogP contribution is -2.29. The van der Waals surface area contributed by atoms with Gasteiger partial charge in [-0.15, -0.1) is 0 Å². The van der Waals surface area contributed by atoms with E-state index in [1.807, 2.05) is 0 Å². The summed E-state index contributed by atoms with van der Waals surface area (Å²) in [7, 11) is 0. The Bertz CT molecular complexity index is 640. The van der Waals surface area contributed by atoms with Crippen LogP contribution in [0.1, 0.15) is 47.2 Å². The van der Waals surface area contributed by atoms with E-state index in [0.717, 1.165) is 6.07 Å². The Labute approximate surface area is 128 Å². The molecule has 0 bridgehead atoms. The van der Waals surface area contributed by atoms with Crippen LogP contribution in [-0.2, 0) is 15.8 Å². The van der Waals surface area contributed by atoms with Crippen LogP contribution < -0.4 is 0 Å². The van der Waals surface area contributed by atoms with E-state index in [0.29, 0.717) is 31.2 Å². The summed E-state index contributed by atoms with van der Waals surface area (Å²) in [6, 6.07) is 2.49. The number of carbonyl (C=O) groups is 1. The molecule has 0 radical (unpaired) electrons. The number of nitro benzene ring substituents is 1. The highest BCUT2D eigenvalue weighted by molar-refractivity contribution is 7.80. The van der Waals surface area contributed by atoms with Crippen LogP contribution in [0, 0.1) is 17.0 Å². The quantitative estimate of drug-likeness (QED) is 0.365. The van der Waals surface area contributed by atoms with Crippen molar-refractivity contribution in [3.63, 3.8) is 0 Å². The Hall–Kier alpha value is -1.31. The molecule has 1 unspecified atom stereocenters. The lowest BCUT2D eigenvalue weighted by atomic mass is 9.91.